The van der Waals surface area contributed by atoms with Crippen LogP contribution in [0.15, 0.2) is 30.3 Å². The van der Waals surface area contributed by atoms with Gasteiger partial charge in [0.05, 0.1) is 0 Å². The second kappa shape index (κ2) is 8.53. The van der Waals surface area contributed by atoms with Crippen LogP contribution >= 0.6 is 0 Å². The van der Waals surface area contributed by atoms with Crippen LogP contribution in [0.5, 0.6) is 0 Å². The molecule has 0 heterocycles. The van der Waals surface area contributed by atoms with Crippen molar-refractivity contribution in [2.24, 2.45) is 0 Å². The summed E-state index contributed by atoms with van der Waals surface area (Å²) < 4.78 is 0. The van der Waals surface area contributed by atoms with E-state index >= 15 is 0 Å². The van der Waals surface area contributed by atoms with Gasteiger partial charge in [-0.1, -0.05) is 56.5 Å². The van der Waals surface area contributed by atoms with Crippen molar-refractivity contribution < 1.29 is 21.7 Å². The summed E-state index contributed by atoms with van der Waals surface area (Å²) in [6.07, 6.45) is 6.69. The Bertz CT molecular complexity index is 194. The minimum absolute atomic E-state index is 0. The number of aryl methyl sites for hydroxylation is 1. The molecule has 0 aliphatic rings. The Balaban J connectivity index is 0.00000144. The second-order valence-electron chi connectivity index (χ2n) is 3.30. The van der Waals surface area contributed by atoms with Gasteiger partial charge in [-0.15, -0.1) is 0 Å². The van der Waals surface area contributed by atoms with Gasteiger partial charge >= 0.3 is 0 Å². The molecule has 0 saturated heterocycles. The van der Waals surface area contributed by atoms with Crippen LogP contribution in [0.1, 0.15) is 38.2 Å². The molecule has 0 atom stereocenters. The maximum atomic E-state index is 2.25. The molecular formula is C12H18Ti. The standard InChI is InChI=1S/C12H18.Ti/c1-2-3-4-6-9-12-10-7-5-8-11-12;/h5,7-8,10-11H,2-4,6,9H2,1H3;. The maximum Gasteiger partial charge on any atom is 0 e. The van der Waals surface area contributed by atoms with E-state index in [0.29, 0.717) is 0 Å². The van der Waals surface area contributed by atoms with Crippen molar-refractivity contribution in [3.8, 4) is 0 Å². The smallest absolute Gasteiger partial charge is 0 e. The first-order chi connectivity index (χ1) is 5.93. The van der Waals surface area contributed by atoms with Crippen LogP contribution in [0, 0.1) is 0 Å². The third-order valence-electron chi connectivity index (χ3n) is 2.16. The third kappa shape index (κ3) is 6.07. The quantitative estimate of drug-likeness (QED) is 0.512. The van der Waals surface area contributed by atoms with Gasteiger partial charge in [0.1, 0.15) is 0 Å². The molecular weight excluding hydrogens is 192 g/mol. The van der Waals surface area contributed by atoms with Crippen molar-refractivity contribution in [1.82, 2.24) is 0 Å². The fourth-order valence-corrected chi connectivity index (χ4v) is 1.40. The van der Waals surface area contributed by atoms with Crippen molar-refractivity contribution in [2.75, 3.05) is 0 Å². The van der Waals surface area contributed by atoms with Gasteiger partial charge in [0.15, 0.2) is 0 Å². The molecule has 0 saturated carbocycles. The number of hydrogen-bond acceptors (Lipinski definition) is 0. The molecule has 0 nitrogen and oxygen atoms in total. The monoisotopic (exact) mass is 210 g/mol. The second-order valence-corrected chi connectivity index (χ2v) is 3.30. The van der Waals surface area contributed by atoms with Crippen molar-refractivity contribution in [2.45, 2.75) is 39.0 Å². The van der Waals surface area contributed by atoms with E-state index in [1.54, 1.807) is 0 Å². The van der Waals surface area contributed by atoms with Gasteiger partial charge in [-0.25, -0.2) is 0 Å². The zero-order valence-electron chi connectivity index (χ0n) is 8.42. The van der Waals surface area contributed by atoms with E-state index in [-0.39, 0.29) is 21.7 Å². The Morgan fingerprint density at radius 1 is 0.923 bits per heavy atom. The Labute approximate surface area is 96.6 Å². The van der Waals surface area contributed by atoms with E-state index in [4.69, 9.17) is 0 Å². The average molecular weight is 210 g/mol. The largest absolute Gasteiger partial charge is 0.0654 e. The van der Waals surface area contributed by atoms with Crippen LogP contribution in [0.25, 0.3) is 0 Å². The Morgan fingerprint density at radius 3 is 2.23 bits per heavy atom. The number of rotatable bonds is 5. The van der Waals surface area contributed by atoms with Crippen LogP contribution in [0.3, 0.4) is 0 Å². The summed E-state index contributed by atoms with van der Waals surface area (Å²) in [5.74, 6) is 0. The summed E-state index contributed by atoms with van der Waals surface area (Å²) in [7, 11) is 0. The molecule has 1 aromatic carbocycles. The molecule has 1 aromatic rings. The number of unbranched alkanes of at least 4 members (excludes halogenated alkanes) is 3. The topological polar surface area (TPSA) is 0 Å². The molecule has 0 amide bonds. The maximum absolute atomic E-state index is 2.25. The summed E-state index contributed by atoms with van der Waals surface area (Å²) in [5, 5.41) is 0. The van der Waals surface area contributed by atoms with Crippen molar-refractivity contribution >= 4 is 0 Å². The summed E-state index contributed by atoms with van der Waals surface area (Å²) in [6.45, 7) is 2.25. The molecule has 0 fully saturated rings. The van der Waals surface area contributed by atoms with Crippen molar-refractivity contribution in [3.63, 3.8) is 0 Å². The van der Waals surface area contributed by atoms with Crippen molar-refractivity contribution in [1.29, 1.82) is 0 Å². The minimum Gasteiger partial charge on any atom is -0.0654 e. The van der Waals surface area contributed by atoms with Gasteiger partial charge in [0.25, 0.3) is 0 Å². The van der Waals surface area contributed by atoms with Crippen LogP contribution in [0.4, 0.5) is 0 Å². The van der Waals surface area contributed by atoms with Gasteiger partial charge in [-0.05, 0) is 18.4 Å². The number of hydrogen-bond donors (Lipinski definition) is 0. The summed E-state index contributed by atoms with van der Waals surface area (Å²) >= 11 is 0. The fraction of sp³-hybridized carbons (Fsp3) is 0.500. The van der Waals surface area contributed by atoms with E-state index in [9.17, 15) is 0 Å². The van der Waals surface area contributed by atoms with E-state index < -0.39 is 0 Å². The summed E-state index contributed by atoms with van der Waals surface area (Å²) in [4.78, 5) is 0. The van der Waals surface area contributed by atoms with Crippen LogP contribution in [-0.2, 0) is 28.1 Å². The first-order valence-corrected chi connectivity index (χ1v) is 4.97. The molecule has 0 aromatic heterocycles. The number of benzene rings is 1. The Morgan fingerprint density at radius 2 is 1.62 bits per heavy atom. The van der Waals surface area contributed by atoms with Gasteiger partial charge in [-0.2, -0.15) is 0 Å². The first-order valence-electron chi connectivity index (χ1n) is 4.97. The normalized spacial score (nSPS) is 9.31. The van der Waals surface area contributed by atoms with Crippen LogP contribution < -0.4 is 0 Å². The molecule has 13 heavy (non-hydrogen) atoms. The fourth-order valence-electron chi connectivity index (χ4n) is 1.40. The van der Waals surface area contributed by atoms with Gasteiger partial charge in [0.2, 0.25) is 0 Å². The predicted octanol–water partition coefficient (Wildman–Crippen LogP) is 3.81. The molecule has 0 radical (unpaired) electrons. The summed E-state index contributed by atoms with van der Waals surface area (Å²) in [5.41, 5.74) is 1.48. The SMILES string of the molecule is CCCCCCc1ccccc1.[Ti]. The molecule has 70 valence electrons. The average Bonchev–Trinajstić information content (AvgIpc) is 2.14. The molecule has 0 N–H and O–H groups in total. The van der Waals surface area contributed by atoms with E-state index in [0.717, 1.165) is 0 Å². The Hall–Kier alpha value is -0.0657. The van der Waals surface area contributed by atoms with Gasteiger partial charge in [-0.3, -0.25) is 0 Å². The third-order valence-corrected chi connectivity index (χ3v) is 2.16. The predicted molar refractivity (Wildman–Crippen MR) is 54.3 cm³/mol. The van der Waals surface area contributed by atoms with Crippen molar-refractivity contribution in [3.05, 3.63) is 35.9 Å². The van der Waals surface area contributed by atoms with Gasteiger partial charge < -0.3 is 0 Å². The van der Waals surface area contributed by atoms with Crippen LogP contribution in [-0.4, -0.2) is 0 Å². The molecule has 0 unspecified atom stereocenters. The molecule has 0 aliphatic carbocycles. The molecule has 0 bridgehead atoms. The minimum atomic E-state index is 0. The van der Waals surface area contributed by atoms with E-state index in [2.05, 4.69) is 37.3 Å². The Kier molecular flexibility index (Phi) is 8.49. The van der Waals surface area contributed by atoms with Crippen LogP contribution in [0.2, 0.25) is 0 Å². The molecule has 0 aliphatic heterocycles. The zero-order chi connectivity index (χ0) is 8.65. The summed E-state index contributed by atoms with van der Waals surface area (Å²) in [6, 6.07) is 10.7. The molecule has 0 spiro atoms. The molecule has 1 heteroatoms. The van der Waals surface area contributed by atoms with E-state index in [1.165, 1.54) is 37.7 Å². The molecule has 1 rings (SSSR count). The first kappa shape index (κ1) is 12.9. The van der Waals surface area contributed by atoms with Gasteiger partial charge in [0, 0.05) is 21.7 Å². The van der Waals surface area contributed by atoms with E-state index in [1.807, 2.05) is 0 Å². The zero-order valence-corrected chi connectivity index (χ0v) is 9.98.